The van der Waals surface area contributed by atoms with Crippen LogP contribution in [0.3, 0.4) is 0 Å². The number of hydrogen-bond donors (Lipinski definition) is 2. The lowest BCUT2D eigenvalue weighted by Crippen LogP contribution is -2.20. The zero-order chi connectivity index (χ0) is 23.9. The molecule has 0 unspecified atom stereocenters. The van der Waals surface area contributed by atoms with Crippen molar-refractivity contribution >= 4 is 17.6 Å². The average molecular weight is 451 g/mol. The first-order chi connectivity index (χ1) is 16.5. The summed E-state index contributed by atoms with van der Waals surface area (Å²) in [6.07, 6.45) is 1.23. The van der Waals surface area contributed by atoms with Gasteiger partial charge in [-0.25, -0.2) is 4.68 Å². The fraction of sp³-hybridized carbons (Fsp3) is 0.107. The van der Waals surface area contributed by atoms with Crippen LogP contribution in [0.15, 0.2) is 97.6 Å². The van der Waals surface area contributed by atoms with E-state index in [2.05, 4.69) is 23.3 Å². The molecular formula is C28H26N4O2. The maximum Gasteiger partial charge on any atom is 0.256 e. The molecule has 6 heteroatoms. The monoisotopic (exact) mass is 450 g/mol. The Labute approximate surface area is 198 Å². The van der Waals surface area contributed by atoms with Crippen LogP contribution in [-0.2, 0) is 17.9 Å². The number of anilines is 1. The summed E-state index contributed by atoms with van der Waals surface area (Å²) in [5.74, 6) is 0.150. The summed E-state index contributed by atoms with van der Waals surface area (Å²) in [5, 5.41) is 10.5. The lowest BCUT2D eigenvalue weighted by atomic mass is 10.1. The molecule has 1 heterocycles. The lowest BCUT2D eigenvalue weighted by Gasteiger charge is -2.10. The van der Waals surface area contributed by atoms with Gasteiger partial charge in [0.1, 0.15) is 5.82 Å². The van der Waals surface area contributed by atoms with Crippen molar-refractivity contribution in [3.8, 4) is 11.3 Å². The molecule has 0 fully saturated rings. The van der Waals surface area contributed by atoms with Crippen LogP contribution in [-0.4, -0.2) is 21.6 Å². The number of nitrogens with one attached hydrogen (secondary N) is 2. The van der Waals surface area contributed by atoms with E-state index in [0.29, 0.717) is 24.5 Å². The van der Waals surface area contributed by atoms with Crippen molar-refractivity contribution in [2.75, 3.05) is 5.32 Å². The van der Waals surface area contributed by atoms with E-state index in [9.17, 15) is 9.59 Å². The number of benzene rings is 3. The first kappa shape index (κ1) is 22.7. The van der Waals surface area contributed by atoms with E-state index in [4.69, 9.17) is 5.10 Å². The number of carbonyl (C=O) groups is 2. The quantitative estimate of drug-likeness (QED) is 0.373. The second-order valence-electron chi connectivity index (χ2n) is 8.00. The standard InChI is InChI=1S/C28H26N4O2/c1-3-27(33)29-18-21-12-14-23(15-13-21)28(34)30-26-17-25(24-11-7-8-20(2)16-24)31-32(26)19-22-9-5-4-6-10-22/h3-17H,1,18-19H2,2H3,(H,29,33)(H,30,34). The van der Waals surface area contributed by atoms with Gasteiger partial charge in [0.25, 0.3) is 5.91 Å². The third-order valence-electron chi connectivity index (χ3n) is 5.38. The molecule has 1 aromatic heterocycles. The Kier molecular flexibility index (Phi) is 6.98. The number of carbonyl (C=O) groups excluding carboxylic acids is 2. The summed E-state index contributed by atoms with van der Waals surface area (Å²) in [6.45, 7) is 6.38. The molecule has 4 aromatic rings. The van der Waals surface area contributed by atoms with Gasteiger partial charge in [-0.3, -0.25) is 9.59 Å². The van der Waals surface area contributed by atoms with Crippen molar-refractivity contribution < 1.29 is 9.59 Å². The fourth-order valence-corrected chi connectivity index (χ4v) is 3.56. The minimum atomic E-state index is -0.238. The molecular weight excluding hydrogens is 424 g/mol. The number of hydrogen-bond acceptors (Lipinski definition) is 3. The molecule has 34 heavy (non-hydrogen) atoms. The smallest absolute Gasteiger partial charge is 0.256 e. The molecule has 0 atom stereocenters. The highest BCUT2D eigenvalue weighted by atomic mass is 16.2. The second-order valence-corrected chi connectivity index (χ2v) is 8.00. The van der Waals surface area contributed by atoms with E-state index in [1.54, 1.807) is 12.1 Å². The van der Waals surface area contributed by atoms with E-state index < -0.39 is 0 Å². The molecule has 2 N–H and O–H groups in total. The average Bonchev–Trinajstić information content (AvgIpc) is 3.25. The Balaban J connectivity index is 1.56. The molecule has 0 radical (unpaired) electrons. The van der Waals surface area contributed by atoms with Gasteiger partial charge >= 0.3 is 0 Å². The summed E-state index contributed by atoms with van der Waals surface area (Å²) < 4.78 is 1.81. The van der Waals surface area contributed by atoms with Crippen LogP contribution in [0.1, 0.15) is 27.0 Å². The maximum atomic E-state index is 13.0. The van der Waals surface area contributed by atoms with Crippen molar-refractivity contribution in [2.24, 2.45) is 0 Å². The van der Waals surface area contributed by atoms with Gasteiger partial charge in [-0.15, -0.1) is 0 Å². The van der Waals surface area contributed by atoms with Crippen LogP contribution >= 0.6 is 0 Å². The van der Waals surface area contributed by atoms with Crippen molar-refractivity contribution in [2.45, 2.75) is 20.0 Å². The summed E-state index contributed by atoms with van der Waals surface area (Å²) in [5.41, 5.74) is 5.43. The van der Waals surface area contributed by atoms with Crippen LogP contribution in [0.2, 0.25) is 0 Å². The molecule has 0 aliphatic rings. The van der Waals surface area contributed by atoms with Crippen LogP contribution in [0.25, 0.3) is 11.3 Å². The van der Waals surface area contributed by atoms with Gasteiger partial charge in [-0.05, 0) is 42.3 Å². The first-order valence-corrected chi connectivity index (χ1v) is 11.0. The Bertz CT molecular complexity index is 1310. The van der Waals surface area contributed by atoms with Gasteiger partial charge in [0.2, 0.25) is 5.91 Å². The minimum Gasteiger partial charge on any atom is -0.348 e. The van der Waals surface area contributed by atoms with E-state index in [1.165, 1.54) is 6.08 Å². The maximum absolute atomic E-state index is 13.0. The first-order valence-electron chi connectivity index (χ1n) is 11.0. The van der Waals surface area contributed by atoms with Gasteiger partial charge in [0.15, 0.2) is 0 Å². The Hall–Kier alpha value is -4.45. The number of aryl methyl sites for hydroxylation is 1. The van der Waals surface area contributed by atoms with Crippen molar-refractivity contribution in [1.82, 2.24) is 15.1 Å². The molecule has 6 nitrogen and oxygen atoms in total. The van der Waals surface area contributed by atoms with Gasteiger partial charge in [0, 0.05) is 23.7 Å². The lowest BCUT2D eigenvalue weighted by molar-refractivity contribution is -0.116. The van der Waals surface area contributed by atoms with Crippen LogP contribution in [0.5, 0.6) is 0 Å². The Morgan fingerprint density at radius 1 is 0.941 bits per heavy atom. The number of nitrogens with zero attached hydrogens (tertiary/aromatic N) is 2. The number of amides is 2. The SMILES string of the molecule is C=CC(=O)NCc1ccc(C(=O)Nc2cc(-c3cccc(C)c3)nn2Cc2ccccc2)cc1. The summed E-state index contributed by atoms with van der Waals surface area (Å²) >= 11 is 0. The fourth-order valence-electron chi connectivity index (χ4n) is 3.56. The third kappa shape index (κ3) is 5.66. The highest BCUT2D eigenvalue weighted by Gasteiger charge is 2.14. The molecule has 170 valence electrons. The van der Waals surface area contributed by atoms with Gasteiger partial charge in [-0.1, -0.05) is 72.8 Å². The molecule has 2 amide bonds. The predicted molar refractivity (Wildman–Crippen MR) is 134 cm³/mol. The van der Waals surface area contributed by atoms with Gasteiger partial charge < -0.3 is 10.6 Å². The summed E-state index contributed by atoms with van der Waals surface area (Å²) in [7, 11) is 0. The highest BCUT2D eigenvalue weighted by molar-refractivity contribution is 6.04. The van der Waals surface area contributed by atoms with Crippen molar-refractivity contribution in [3.05, 3.63) is 120 Å². The van der Waals surface area contributed by atoms with Crippen molar-refractivity contribution in [3.63, 3.8) is 0 Å². The predicted octanol–water partition coefficient (Wildman–Crippen LogP) is 4.96. The van der Waals surface area contributed by atoms with Crippen LogP contribution < -0.4 is 10.6 Å². The Morgan fingerprint density at radius 3 is 2.41 bits per heavy atom. The van der Waals surface area contributed by atoms with E-state index >= 15 is 0 Å². The highest BCUT2D eigenvalue weighted by Crippen LogP contribution is 2.24. The van der Waals surface area contributed by atoms with E-state index in [-0.39, 0.29) is 11.8 Å². The second kappa shape index (κ2) is 10.4. The number of rotatable bonds is 8. The van der Waals surface area contributed by atoms with Crippen LogP contribution in [0.4, 0.5) is 5.82 Å². The zero-order valence-electron chi connectivity index (χ0n) is 19.0. The molecule has 3 aromatic carbocycles. The molecule has 0 aliphatic carbocycles. The van der Waals surface area contributed by atoms with Crippen LogP contribution in [0, 0.1) is 6.92 Å². The minimum absolute atomic E-state index is 0.230. The van der Waals surface area contributed by atoms with Gasteiger partial charge in [-0.2, -0.15) is 5.10 Å². The van der Waals surface area contributed by atoms with E-state index in [1.807, 2.05) is 78.3 Å². The largest absolute Gasteiger partial charge is 0.348 e. The van der Waals surface area contributed by atoms with E-state index in [0.717, 1.165) is 27.9 Å². The van der Waals surface area contributed by atoms with Crippen molar-refractivity contribution in [1.29, 1.82) is 0 Å². The van der Waals surface area contributed by atoms with Gasteiger partial charge in [0.05, 0.1) is 12.2 Å². The number of aromatic nitrogens is 2. The third-order valence-corrected chi connectivity index (χ3v) is 5.38. The summed E-state index contributed by atoms with van der Waals surface area (Å²) in [4.78, 5) is 24.4. The molecule has 0 bridgehead atoms. The Morgan fingerprint density at radius 2 is 1.71 bits per heavy atom. The molecule has 0 spiro atoms. The topological polar surface area (TPSA) is 76.0 Å². The normalized spacial score (nSPS) is 10.5. The molecule has 0 saturated carbocycles. The molecule has 0 aliphatic heterocycles. The zero-order valence-corrected chi connectivity index (χ0v) is 19.0. The molecule has 4 rings (SSSR count). The summed E-state index contributed by atoms with van der Waals surface area (Å²) in [6, 6.07) is 27.1. The molecule has 0 saturated heterocycles.